The van der Waals surface area contributed by atoms with Crippen molar-refractivity contribution >= 4 is 45.1 Å². The third-order valence-corrected chi connectivity index (χ3v) is 4.09. The van der Waals surface area contributed by atoms with E-state index in [-0.39, 0.29) is 18.9 Å². The third kappa shape index (κ3) is 5.65. The van der Waals surface area contributed by atoms with E-state index in [1.54, 1.807) is 24.3 Å². The van der Waals surface area contributed by atoms with E-state index < -0.39 is 5.97 Å². The number of anilines is 1. The summed E-state index contributed by atoms with van der Waals surface area (Å²) >= 11 is 9.19. The van der Waals surface area contributed by atoms with Crippen molar-refractivity contribution in [2.45, 2.75) is 19.8 Å². The molecule has 0 radical (unpaired) electrons. The highest BCUT2D eigenvalue weighted by molar-refractivity contribution is 9.10. The van der Waals surface area contributed by atoms with E-state index in [9.17, 15) is 9.59 Å². The lowest BCUT2D eigenvalue weighted by Crippen LogP contribution is -2.22. The molecule has 126 valence electrons. The second kappa shape index (κ2) is 8.85. The summed E-state index contributed by atoms with van der Waals surface area (Å²) in [6.07, 6.45) is 0.883. The fourth-order valence-electron chi connectivity index (χ4n) is 2.13. The number of hydrogen-bond acceptors (Lipinski definition) is 3. The van der Waals surface area contributed by atoms with Crippen molar-refractivity contribution in [3.63, 3.8) is 0 Å². The van der Waals surface area contributed by atoms with Crippen LogP contribution in [0, 0.1) is 0 Å². The molecule has 6 heteroatoms. The van der Waals surface area contributed by atoms with E-state index in [1.807, 2.05) is 25.1 Å². The van der Waals surface area contributed by atoms with Crippen LogP contribution in [0.2, 0.25) is 5.02 Å². The predicted molar refractivity (Wildman–Crippen MR) is 98.3 cm³/mol. The number of amides is 1. The van der Waals surface area contributed by atoms with Crippen LogP contribution in [0.3, 0.4) is 0 Å². The molecule has 0 aliphatic carbocycles. The van der Waals surface area contributed by atoms with Crippen LogP contribution in [0.1, 0.15) is 18.1 Å². The number of hydrogen-bond donors (Lipinski definition) is 1. The molecular formula is C18H17BrClNO3. The van der Waals surface area contributed by atoms with Gasteiger partial charge in [0, 0.05) is 15.2 Å². The van der Waals surface area contributed by atoms with Crippen molar-refractivity contribution in [1.29, 1.82) is 0 Å². The molecule has 24 heavy (non-hydrogen) atoms. The van der Waals surface area contributed by atoms with Gasteiger partial charge in [0.05, 0.1) is 6.42 Å². The first-order chi connectivity index (χ1) is 11.5. The molecule has 0 aromatic heterocycles. The Labute approximate surface area is 154 Å². The molecule has 1 N–H and O–H groups in total. The highest BCUT2D eigenvalue weighted by Crippen LogP contribution is 2.21. The minimum absolute atomic E-state index is 0.100. The Kier molecular flexibility index (Phi) is 6.82. The van der Waals surface area contributed by atoms with E-state index in [2.05, 4.69) is 21.2 Å². The number of esters is 1. The van der Waals surface area contributed by atoms with Crippen molar-refractivity contribution in [2.75, 3.05) is 11.9 Å². The maximum absolute atomic E-state index is 11.9. The van der Waals surface area contributed by atoms with Crippen LogP contribution < -0.4 is 5.32 Å². The van der Waals surface area contributed by atoms with Gasteiger partial charge in [-0.25, -0.2) is 0 Å². The maximum atomic E-state index is 11.9. The standard InChI is InChI=1S/C18H17BrClNO3/c1-2-13-10-14(19)5-8-16(13)21-17(22)11-24-18(23)9-12-3-6-15(20)7-4-12/h3-8,10H,2,9,11H2,1H3,(H,21,22). The van der Waals surface area contributed by atoms with Crippen LogP contribution >= 0.6 is 27.5 Å². The Morgan fingerprint density at radius 3 is 2.54 bits per heavy atom. The zero-order valence-corrected chi connectivity index (χ0v) is 15.5. The maximum Gasteiger partial charge on any atom is 0.310 e. The molecule has 2 aromatic rings. The molecule has 0 spiro atoms. The van der Waals surface area contributed by atoms with Crippen molar-refractivity contribution in [1.82, 2.24) is 0 Å². The van der Waals surface area contributed by atoms with Gasteiger partial charge in [-0.1, -0.05) is 46.6 Å². The second-order valence-corrected chi connectivity index (χ2v) is 6.52. The molecule has 0 aliphatic rings. The zero-order valence-electron chi connectivity index (χ0n) is 13.1. The van der Waals surface area contributed by atoms with Crippen LogP contribution in [0.15, 0.2) is 46.9 Å². The van der Waals surface area contributed by atoms with Crippen LogP contribution in [0.25, 0.3) is 0 Å². The largest absolute Gasteiger partial charge is 0.455 e. The fourth-order valence-corrected chi connectivity index (χ4v) is 2.66. The van der Waals surface area contributed by atoms with Gasteiger partial charge in [0.15, 0.2) is 6.61 Å². The number of aryl methyl sites for hydroxylation is 1. The van der Waals surface area contributed by atoms with Gasteiger partial charge in [-0.3, -0.25) is 9.59 Å². The average Bonchev–Trinajstić information content (AvgIpc) is 2.56. The molecule has 1 amide bonds. The van der Waals surface area contributed by atoms with E-state index in [4.69, 9.17) is 16.3 Å². The summed E-state index contributed by atoms with van der Waals surface area (Å²) in [5.74, 6) is -0.824. The number of carbonyl (C=O) groups is 2. The highest BCUT2D eigenvalue weighted by Gasteiger charge is 2.10. The SMILES string of the molecule is CCc1cc(Br)ccc1NC(=O)COC(=O)Cc1ccc(Cl)cc1. The summed E-state index contributed by atoms with van der Waals surface area (Å²) in [7, 11) is 0. The van der Waals surface area contributed by atoms with Gasteiger partial charge in [-0.15, -0.1) is 0 Å². The molecule has 0 fully saturated rings. The number of nitrogens with one attached hydrogen (secondary N) is 1. The topological polar surface area (TPSA) is 55.4 Å². The Balaban J connectivity index is 1.84. The molecule has 0 saturated carbocycles. The quantitative estimate of drug-likeness (QED) is 0.719. The summed E-state index contributed by atoms with van der Waals surface area (Å²) in [6.45, 7) is 1.69. The number of halogens is 2. The summed E-state index contributed by atoms with van der Waals surface area (Å²) < 4.78 is 5.96. The van der Waals surface area contributed by atoms with Crippen molar-refractivity contribution in [2.24, 2.45) is 0 Å². The first-order valence-corrected chi connectivity index (χ1v) is 8.63. The van der Waals surface area contributed by atoms with E-state index in [0.717, 1.165) is 27.7 Å². The third-order valence-electron chi connectivity index (χ3n) is 3.35. The molecule has 0 aliphatic heterocycles. The molecular weight excluding hydrogens is 394 g/mol. The van der Waals surface area contributed by atoms with Gasteiger partial charge in [0.25, 0.3) is 5.91 Å². The molecule has 0 atom stereocenters. The molecule has 0 unspecified atom stereocenters. The van der Waals surface area contributed by atoms with Gasteiger partial charge in [-0.05, 0) is 47.9 Å². The number of benzene rings is 2. The zero-order chi connectivity index (χ0) is 17.5. The normalized spacial score (nSPS) is 10.3. The van der Waals surface area contributed by atoms with Crippen LogP contribution in [0.4, 0.5) is 5.69 Å². The smallest absolute Gasteiger partial charge is 0.310 e. The molecule has 0 saturated heterocycles. The molecule has 0 heterocycles. The monoisotopic (exact) mass is 409 g/mol. The first kappa shape index (κ1) is 18.5. The lowest BCUT2D eigenvalue weighted by Gasteiger charge is -2.11. The Bertz CT molecular complexity index is 732. The number of rotatable bonds is 6. The van der Waals surface area contributed by atoms with Crippen molar-refractivity contribution < 1.29 is 14.3 Å². The average molecular weight is 411 g/mol. The minimum Gasteiger partial charge on any atom is -0.455 e. The van der Waals surface area contributed by atoms with Gasteiger partial charge >= 0.3 is 5.97 Å². The molecule has 2 aromatic carbocycles. The Hall–Kier alpha value is -1.85. The summed E-state index contributed by atoms with van der Waals surface area (Å²) in [4.78, 5) is 23.7. The van der Waals surface area contributed by atoms with E-state index >= 15 is 0 Å². The van der Waals surface area contributed by atoms with Crippen molar-refractivity contribution in [3.05, 3.63) is 63.1 Å². The van der Waals surface area contributed by atoms with E-state index in [1.165, 1.54) is 0 Å². The van der Waals surface area contributed by atoms with Gasteiger partial charge < -0.3 is 10.1 Å². The molecule has 4 nitrogen and oxygen atoms in total. The van der Waals surface area contributed by atoms with Crippen LogP contribution in [0.5, 0.6) is 0 Å². The first-order valence-electron chi connectivity index (χ1n) is 7.46. The molecule has 0 bridgehead atoms. The van der Waals surface area contributed by atoms with Gasteiger partial charge in [0.1, 0.15) is 0 Å². The Morgan fingerprint density at radius 2 is 1.88 bits per heavy atom. The fraction of sp³-hybridized carbons (Fsp3) is 0.222. The lowest BCUT2D eigenvalue weighted by molar-refractivity contribution is -0.146. The molecule has 2 rings (SSSR count). The summed E-state index contributed by atoms with van der Waals surface area (Å²) in [5.41, 5.74) is 2.51. The highest BCUT2D eigenvalue weighted by atomic mass is 79.9. The van der Waals surface area contributed by atoms with Gasteiger partial charge in [-0.2, -0.15) is 0 Å². The van der Waals surface area contributed by atoms with Crippen LogP contribution in [-0.4, -0.2) is 18.5 Å². The Morgan fingerprint density at radius 1 is 1.17 bits per heavy atom. The minimum atomic E-state index is -0.459. The van der Waals surface area contributed by atoms with E-state index in [0.29, 0.717) is 5.02 Å². The summed E-state index contributed by atoms with van der Waals surface area (Å²) in [6, 6.07) is 12.5. The summed E-state index contributed by atoms with van der Waals surface area (Å²) in [5, 5.41) is 3.37. The number of ether oxygens (including phenoxy) is 1. The number of carbonyl (C=O) groups excluding carboxylic acids is 2. The predicted octanol–water partition coefficient (Wildman–Crippen LogP) is 4.39. The van der Waals surface area contributed by atoms with Crippen LogP contribution in [-0.2, 0) is 27.2 Å². The lowest BCUT2D eigenvalue weighted by atomic mass is 10.1. The van der Waals surface area contributed by atoms with Gasteiger partial charge in [0.2, 0.25) is 0 Å². The van der Waals surface area contributed by atoms with Crippen molar-refractivity contribution in [3.8, 4) is 0 Å². The second-order valence-electron chi connectivity index (χ2n) is 5.17.